The summed E-state index contributed by atoms with van der Waals surface area (Å²) in [5, 5.41) is 7.80. The Morgan fingerprint density at radius 1 is 1.13 bits per heavy atom. The number of hydrogen-bond donors (Lipinski definition) is 1. The standard InChI is InChI=1S/C22H25F3N4O/c1-14(2)15-6-8-17(9-7-15)27-20-10-11-29-21(28-20)19(13-26-29)16-4-3-5-18(12-16)30-22(23,24)25/h3-5,10-15,17H,6-9H2,1-2H3,(H,27,28). The maximum absolute atomic E-state index is 12.6. The van der Waals surface area contributed by atoms with Gasteiger partial charge in [-0.15, -0.1) is 13.2 Å². The normalized spacial score (nSPS) is 19.9. The van der Waals surface area contributed by atoms with E-state index in [9.17, 15) is 13.2 Å². The maximum atomic E-state index is 12.6. The second-order valence-electron chi connectivity index (χ2n) is 8.21. The number of hydrogen-bond acceptors (Lipinski definition) is 4. The Morgan fingerprint density at radius 3 is 2.60 bits per heavy atom. The Balaban J connectivity index is 1.55. The van der Waals surface area contributed by atoms with Crippen molar-refractivity contribution in [3.8, 4) is 16.9 Å². The molecule has 1 aliphatic rings. The molecule has 5 nitrogen and oxygen atoms in total. The highest BCUT2D eigenvalue weighted by molar-refractivity contribution is 5.78. The predicted molar refractivity (Wildman–Crippen MR) is 109 cm³/mol. The van der Waals surface area contributed by atoms with E-state index >= 15 is 0 Å². The van der Waals surface area contributed by atoms with Crippen LogP contribution in [0.2, 0.25) is 0 Å². The van der Waals surface area contributed by atoms with Crippen molar-refractivity contribution < 1.29 is 17.9 Å². The van der Waals surface area contributed by atoms with Gasteiger partial charge in [0.2, 0.25) is 0 Å². The Kier molecular flexibility index (Phi) is 5.58. The zero-order chi connectivity index (χ0) is 21.3. The molecule has 30 heavy (non-hydrogen) atoms. The molecule has 0 saturated heterocycles. The zero-order valence-electron chi connectivity index (χ0n) is 17.0. The molecule has 0 aliphatic heterocycles. The zero-order valence-corrected chi connectivity index (χ0v) is 17.0. The van der Waals surface area contributed by atoms with Crippen LogP contribution in [-0.4, -0.2) is 27.0 Å². The number of rotatable bonds is 5. The van der Waals surface area contributed by atoms with E-state index in [1.165, 1.54) is 31.0 Å². The molecule has 4 rings (SSSR count). The van der Waals surface area contributed by atoms with Crippen LogP contribution in [0, 0.1) is 11.8 Å². The molecule has 0 bridgehead atoms. The molecule has 3 aromatic rings. The van der Waals surface area contributed by atoms with Crippen molar-refractivity contribution in [2.75, 3.05) is 5.32 Å². The summed E-state index contributed by atoms with van der Waals surface area (Å²) in [6.45, 7) is 4.56. The van der Waals surface area contributed by atoms with Gasteiger partial charge in [0.15, 0.2) is 5.65 Å². The molecule has 2 aromatic heterocycles. The highest BCUT2D eigenvalue weighted by atomic mass is 19.4. The second-order valence-corrected chi connectivity index (χ2v) is 8.21. The molecule has 1 saturated carbocycles. The molecule has 160 valence electrons. The predicted octanol–water partition coefficient (Wildman–Crippen LogP) is 5.92. The first-order valence-corrected chi connectivity index (χ1v) is 10.3. The number of halogens is 3. The van der Waals surface area contributed by atoms with Gasteiger partial charge in [-0.3, -0.25) is 0 Å². The highest BCUT2D eigenvalue weighted by Crippen LogP contribution is 2.32. The van der Waals surface area contributed by atoms with Crippen LogP contribution >= 0.6 is 0 Å². The summed E-state index contributed by atoms with van der Waals surface area (Å²) in [7, 11) is 0. The number of ether oxygens (including phenoxy) is 1. The number of benzene rings is 1. The molecular formula is C22H25F3N4O. The van der Waals surface area contributed by atoms with Crippen LogP contribution in [-0.2, 0) is 0 Å². The van der Waals surface area contributed by atoms with Crippen LogP contribution in [0.25, 0.3) is 16.8 Å². The van der Waals surface area contributed by atoms with Gasteiger partial charge >= 0.3 is 6.36 Å². The third-order valence-corrected chi connectivity index (χ3v) is 5.81. The van der Waals surface area contributed by atoms with Crippen molar-refractivity contribution in [1.29, 1.82) is 0 Å². The molecule has 2 heterocycles. The minimum absolute atomic E-state index is 0.268. The van der Waals surface area contributed by atoms with Gasteiger partial charge in [-0.2, -0.15) is 5.10 Å². The number of anilines is 1. The van der Waals surface area contributed by atoms with Crippen molar-refractivity contribution >= 4 is 11.5 Å². The Labute approximate surface area is 173 Å². The summed E-state index contributed by atoms with van der Waals surface area (Å²) in [6.07, 6.45) is 3.32. The van der Waals surface area contributed by atoms with Crippen molar-refractivity contribution in [3.63, 3.8) is 0 Å². The van der Waals surface area contributed by atoms with Crippen molar-refractivity contribution in [3.05, 3.63) is 42.7 Å². The summed E-state index contributed by atoms with van der Waals surface area (Å²) in [6, 6.07) is 8.12. The third kappa shape index (κ3) is 4.68. The van der Waals surface area contributed by atoms with Gasteiger partial charge in [0, 0.05) is 17.8 Å². The fourth-order valence-electron chi connectivity index (χ4n) is 4.15. The van der Waals surface area contributed by atoms with Gasteiger partial charge in [-0.05, 0) is 61.3 Å². The first-order valence-electron chi connectivity index (χ1n) is 10.3. The number of alkyl halides is 3. The van der Waals surface area contributed by atoms with Crippen LogP contribution in [0.1, 0.15) is 39.5 Å². The molecule has 1 aliphatic carbocycles. The highest BCUT2D eigenvalue weighted by Gasteiger charge is 2.31. The Bertz CT molecular complexity index is 1010. The van der Waals surface area contributed by atoms with Gasteiger partial charge in [0.25, 0.3) is 0 Å². The van der Waals surface area contributed by atoms with E-state index in [-0.39, 0.29) is 5.75 Å². The first-order chi connectivity index (χ1) is 14.3. The molecular weight excluding hydrogens is 393 g/mol. The van der Waals surface area contributed by atoms with Crippen LogP contribution in [0.4, 0.5) is 19.0 Å². The van der Waals surface area contributed by atoms with Crippen molar-refractivity contribution in [2.24, 2.45) is 11.8 Å². The van der Waals surface area contributed by atoms with Crippen molar-refractivity contribution in [2.45, 2.75) is 51.9 Å². The van der Waals surface area contributed by atoms with Gasteiger partial charge in [0.05, 0.1) is 6.20 Å². The van der Waals surface area contributed by atoms with Gasteiger partial charge in [-0.25, -0.2) is 9.50 Å². The minimum atomic E-state index is -4.73. The lowest BCUT2D eigenvalue weighted by atomic mass is 9.80. The Hall–Kier alpha value is -2.77. The molecule has 8 heteroatoms. The topological polar surface area (TPSA) is 51.5 Å². The SMILES string of the molecule is CC(C)C1CCC(Nc2ccn3ncc(-c4cccc(OC(F)(F)F)c4)c3n2)CC1. The lowest BCUT2D eigenvalue weighted by Crippen LogP contribution is -2.28. The summed E-state index contributed by atoms with van der Waals surface area (Å²) in [5.41, 5.74) is 1.80. The van der Waals surface area contributed by atoms with Crippen LogP contribution < -0.4 is 10.1 Å². The molecule has 1 N–H and O–H groups in total. The van der Waals surface area contributed by atoms with E-state index in [0.29, 0.717) is 28.7 Å². The first kappa shape index (κ1) is 20.5. The quantitative estimate of drug-likeness (QED) is 0.559. The number of fused-ring (bicyclic) bond motifs is 1. The number of aromatic nitrogens is 3. The van der Waals surface area contributed by atoms with Crippen LogP contribution in [0.15, 0.2) is 42.7 Å². The molecule has 1 aromatic carbocycles. The van der Waals surface area contributed by atoms with E-state index in [1.54, 1.807) is 16.8 Å². The summed E-state index contributed by atoms with van der Waals surface area (Å²) < 4.78 is 43.3. The summed E-state index contributed by atoms with van der Waals surface area (Å²) in [5.74, 6) is 1.98. The van der Waals surface area contributed by atoms with Crippen molar-refractivity contribution in [1.82, 2.24) is 14.6 Å². The molecule has 0 radical (unpaired) electrons. The maximum Gasteiger partial charge on any atom is 0.573 e. The van der Waals surface area contributed by atoms with Gasteiger partial charge in [-0.1, -0.05) is 26.0 Å². The van der Waals surface area contributed by atoms with Gasteiger partial charge in [0.1, 0.15) is 11.6 Å². The van der Waals surface area contributed by atoms with E-state index in [1.807, 2.05) is 12.3 Å². The monoisotopic (exact) mass is 418 g/mol. The Morgan fingerprint density at radius 2 is 1.90 bits per heavy atom. The average Bonchev–Trinajstić information content (AvgIpc) is 3.10. The second kappa shape index (κ2) is 8.16. The fourth-order valence-corrected chi connectivity index (χ4v) is 4.15. The van der Waals surface area contributed by atoms with E-state index < -0.39 is 6.36 Å². The van der Waals surface area contributed by atoms with Gasteiger partial charge < -0.3 is 10.1 Å². The molecule has 0 amide bonds. The molecule has 0 unspecified atom stereocenters. The lowest BCUT2D eigenvalue weighted by Gasteiger charge is -2.31. The largest absolute Gasteiger partial charge is 0.573 e. The fraction of sp³-hybridized carbons (Fsp3) is 0.455. The van der Waals surface area contributed by atoms with E-state index in [4.69, 9.17) is 4.98 Å². The number of nitrogens with zero attached hydrogens (tertiary/aromatic N) is 3. The van der Waals surface area contributed by atoms with Crippen LogP contribution in [0.3, 0.4) is 0 Å². The van der Waals surface area contributed by atoms with E-state index in [2.05, 4.69) is 29.0 Å². The minimum Gasteiger partial charge on any atom is -0.406 e. The van der Waals surface area contributed by atoms with E-state index in [0.717, 1.165) is 24.6 Å². The third-order valence-electron chi connectivity index (χ3n) is 5.81. The summed E-state index contributed by atoms with van der Waals surface area (Å²) in [4.78, 5) is 4.69. The average molecular weight is 418 g/mol. The smallest absolute Gasteiger partial charge is 0.406 e. The molecule has 0 spiro atoms. The summed E-state index contributed by atoms with van der Waals surface area (Å²) >= 11 is 0. The molecule has 1 fully saturated rings. The molecule has 0 atom stereocenters. The lowest BCUT2D eigenvalue weighted by molar-refractivity contribution is -0.274. The number of nitrogens with one attached hydrogen (secondary N) is 1. The van der Waals surface area contributed by atoms with Crippen LogP contribution in [0.5, 0.6) is 5.75 Å².